The number of amides is 1. The molecule has 0 bridgehead atoms. The molecule has 7 heteroatoms. The highest BCUT2D eigenvalue weighted by Gasteiger charge is 2.36. The summed E-state index contributed by atoms with van der Waals surface area (Å²) in [4.78, 5) is 28.3. The van der Waals surface area contributed by atoms with Crippen molar-refractivity contribution in [3.05, 3.63) is 59.4 Å². The van der Waals surface area contributed by atoms with Crippen LogP contribution in [0.4, 0.5) is 5.69 Å². The minimum absolute atomic E-state index is 0.0600. The van der Waals surface area contributed by atoms with Gasteiger partial charge in [-0.05, 0) is 43.7 Å². The molecule has 2 heterocycles. The number of aromatic nitrogens is 1. The SMILES string of the molecule is Cc1cc(CNC(=O)C2=NN(c3ccccc3)C(C(=O)O)C2)cc(C)n1. The highest BCUT2D eigenvalue weighted by Crippen LogP contribution is 2.24. The Hall–Kier alpha value is -3.22. The lowest BCUT2D eigenvalue weighted by atomic mass is 10.1. The first-order chi connectivity index (χ1) is 12.4. The lowest BCUT2D eigenvalue weighted by Gasteiger charge is -2.19. The number of benzene rings is 1. The van der Waals surface area contributed by atoms with E-state index in [0.717, 1.165) is 17.0 Å². The van der Waals surface area contributed by atoms with Crippen LogP contribution >= 0.6 is 0 Å². The van der Waals surface area contributed by atoms with Crippen LogP contribution in [0.15, 0.2) is 47.6 Å². The predicted molar refractivity (Wildman–Crippen MR) is 98.0 cm³/mol. The second-order valence-corrected chi connectivity index (χ2v) is 6.23. The van der Waals surface area contributed by atoms with Crippen LogP contribution < -0.4 is 10.3 Å². The van der Waals surface area contributed by atoms with Crippen molar-refractivity contribution in [1.29, 1.82) is 0 Å². The van der Waals surface area contributed by atoms with E-state index in [9.17, 15) is 14.7 Å². The summed E-state index contributed by atoms with van der Waals surface area (Å²) in [6.07, 6.45) is 0.0600. The molecule has 1 aromatic heterocycles. The standard InChI is InChI=1S/C19H20N4O3/c1-12-8-14(9-13(2)21-12)11-20-18(24)16-10-17(19(25)26)23(22-16)15-6-4-3-5-7-15/h3-9,17H,10-11H2,1-2H3,(H,20,24)(H,25,26). The van der Waals surface area contributed by atoms with Crippen molar-refractivity contribution in [1.82, 2.24) is 10.3 Å². The monoisotopic (exact) mass is 352 g/mol. The zero-order valence-corrected chi connectivity index (χ0v) is 14.6. The number of aliphatic carboxylic acids is 1. The number of hydrogen-bond acceptors (Lipinski definition) is 5. The average molecular weight is 352 g/mol. The van der Waals surface area contributed by atoms with Crippen molar-refractivity contribution >= 4 is 23.3 Å². The molecule has 0 spiro atoms. The number of aryl methyl sites for hydroxylation is 2. The normalized spacial score (nSPS) is 16.3. The zero-order chi connectivity index (χ0) is 18.7. The molecule has 3 rings (SSSR count). The van der Waals surface area contributed by atoms with Crippen LogP contribution in [0, 0.1) is 13.8 Å². The summed E-state index contributed by atoms with van der Waals surface area (Å²) in [7, 11) is 0. The molecule has 0 aliphatic carbocycles. The third-order valence-electron chi connectivity index (χ3n) is 4.07. The highest BCUT2D eigenvalue weighted by molar-refractivity contribution is 6.40. The van der Waals surface area contributed by atoms with Crippen molar-refractivity contribution in [3.63, 3.8) is 0 Å². The van der Waals surface area contributed by atoms with Crippen LogP contribution in [0.1, 0.15) is 23.4 Å². The highest BCUT2D eigenvalue weighted by atomic mass is 16.4. The number of carbonyl (C=O) groups excluding carboxylic acids is 1. The molecule has 1 aromatic carbocycles. The maximum Gasteiger partial charge on any atom is 0.328 e. The lowest BCUT2D eigenvalue weighted by Crippen LogP contribution is -2.35. The first kappa shape index (κ1) is 17.6. The van der Waals surface area contributed by atoms with Crippen LogP contribution in [0.3, 0.4) is 0 Å². The van der Waals surface area contributed by atoms with Crippen molar-refractivity contribution in [2.75, 3.05) is 5.01 Å². The van der Waals surface area contributed by atoms with E-state index in [0.29, 0.717) is 12.2 Å². The fourth-order valence-electron chi connectivity index (χ4n) is 2.97. The van der Waals surface area contributed by atoms with Gasteiger partial charge in [0.1, 0.15) is 5.71 Å². The Morgan fingerprint density at radius 1 is 1.19 bits per heavy atom. The minimum atomic E-state index is -1.01. The Balaban J connectivity index is 1.73. The van der Waals surface area contributed by atoms with Gasteiger partial charge in [0.15, 0.2) is 6.04 Å². The number of rotatable bonds is 5. The smallest absolute Gasteiger partial charge is 0.328 e. The number of carbonyl (C=O) groups is 2. The maximum absolute atomic E-state index is 12.5. The van der Waals surface area contributed by atoms with E-state index >= 15 is 0 Å². The van der Waals surface area contributed by atoms with E-state index < -0.39 is 12.0 Å². The Morgan fingerprint density at radius 2 is 1.85 bits per heavy atom. The number of anilines is 1. The molecule has 1 amide bonds. The van der Waals surface area contributed by atoms with Crippen molar-refractivity contribution in [2.45, 2.75) is 32.9 Å². The molecule has 1 aliphatic heterocycles. The summed E-state index contributed by atoms with van der Waals surface area (Å²) in [5.74, 6) is -1.37. The van der Waals surface area contributed by atoms with Crippen molar-refractivity contribution in [2.24, 2.45) is 5.10 Å². The summed E-state index contributed by atoms with van der Waals surface area (Å²) in [5.41, 5.74) is 3.56. The largest absolute Gasteiger partial charge is 0.480 e. The molecule has 134 valence electrons. The van der Waals surface area contributed by atoms with Gasteiger partial charge in [-0.1, -0.05) is 18.2 Å². The number of para-hydroxylation sites is 1. The van der Waals surface area contributed by atoms with Crippen molar-refractivity contribution < 1.29 is 14.7 Å². The molecule has 26 heavy (non-hydrogen) atoms. The van der Waals surface area contributed by atoms with Crippen LogP contribution in [0.25, 0.3) is 0 Å². The molecular formula is C19H20N4O3. The zero-order valence-electron chi connectivity index (χ0n) is 14.6. The fourth-order valence-corrected chi connectivity index (χ4v) is 2.97. The van der Waals surface area contributed by atoms with Crippen molar-refractivity contribution in [3.8, 4) is 0 Å². The molecule has 0 radical (unpaired) electrons. The van der Waals surface area contributed by atoms with Crippen LogP contribution in [-0.2, 0) is 16.1 Å². The molecule has 7 nitrogen and oxygen atoms in total. The van der Waals surface area contributed by atoms with Gasteiger partial charge >= 0.3 is 5.97 Å². The fraction of sp³-hybridized carbons (Fsp3) is 0.263. The third kappa shape index (κ3) is 3.88. The number of hydrogen-bond donors (Lipinski definition) is 2. The maximum atomic E-state index is 12.5. The van der Waals surface area contributed by atoms with Gasteiger partial charge in [-0.15, -0.1) is 0 Å². The molecule has 1 aliphatic rings. The average Bonchev–Trinajstić information content (AvgIpc) is 3.05. The summed E-state index contributed by atoms with van der Waals surface area (Å²) >= 11 is 0. The van der Waals surface area contributed by atoms with Crippen LogP contribution in [-0.4, -0.2) is 33.7 Å². The quantitative estimate of drug-likeness (QED) is 0.859. The minimum Gasteiger partial charge on any atom is -0.480 e. The molecule has 0 saturated carbocycles. The molecule has 1 atom stereocenters. The summed E-state index contributed by atoms with van der Waals surface area (Å²) in [5, 5.41) is 17.9. The number of pyridine rings is 1. The van der Waals surface area contributed by atoms with Gasteiger partial charge in [-0.25, -0.2) is 4.79 Å². The molecule has 0 fully saturated rings. The Morgan fingerprint density at radius 3 is 2.46 bits per heavy atom. The summed E-state index contributed by atoms with van der Waals surface area (Å²) in [6, 6.07) is 11.9. The van der Waals surface area contributed by atoms with Gasteiger partial charge in [0, 0.05) is 24.4 Å². The van der Waals surface area contributed by atoms with E-state index in [1.54, 1.807) is 24.3 Å². The topological polar surface area (TPSA) is 94.9 Å². The number of carboxylic acids is 1. The third-order valence-corrected chi connectivity index (χ3v) is 4.07. The molecule has 0 saturated heterocycles. The van der Waals surface area contributed by atoms with Gasteiger partial charge in [0.25, 0.3) is 5.91 Å². The van der Waals surface area contributed by atoms with Crippen LogP contribution in [0.5, 0.6) is 0 Å². The molecular weight excluding hydrogens is 332 g/mol. The second-order valence-electron chi connectivity index (χ2n) is 6.23. The number of hydrazone groups is 1. The molecule has 1 unspecified atom stereocenters. The Labute approximate surface area is 151 Å². The van der Waals surface area contributed by atoms with E-state index in [1.165, 1.54) is 5.01 Å². The number of carboxylic acid groups (broad SMARTS) is 1. The Bertz CT molecular complexity index is 844. The second kappa shape index (κ2) is 7.35. The van der Waals surface area contributed by atoms with Gasteiger partial charge < -0.3 is 10.4 Å². The molecule has 2 aromatic rings. The first-order valence-corrected chi connectivity index (χ1v) is 8.31. The van der Waals surface area contributed by atoms with Gasteiger partial charge in [0.05, 0.1) is 5.69 Å². The predicted octanol–water partition coefficient (Wildman–Crippen LogP) is 2.03. The summed E-state index contributed by atoms with van der Waals surface area (Å²) < 4.78 is 0. The molecule has 2 N–H and O–H groups in total. The van der Waals surface area contributed by atoms with E-state index in [1.807, 2.05) is 32.0 Å². The van der Waals surface area contributed by atoms with Crippen LogP contribution in [0.2, 0.25) is 0 Å². The first-order valence-electron chi connectivity index (χ1n) is 8.31. The lowest BCUT2D eigenvalue weighted by molar-refractivity contribution is -0.138. The van der Waals surface area contributed by atoms with E-state index in [2.05, 4.69) is 15.4 Å². The van der Waals surface area contributed by atoms with Gasteiger partial charge in [-0.3, -0.25) is 14.8 Å². The summed E-state index contributed by atoms with van der Waals surface area (Å²) in [6.45, 7) is 4.13. The Kier molecular flexibility index (Phi) is 4.97. The van der Waals surface area contributed by atoms with E-state index in [4.69, 9.17) is 0 Å². The van der Waals surface area contributed by atoms with E-state index in [-0.39, 0.29) is 18.0 Å². The van der Waals surface area contributed by atoms with Gasteiger partial charge in [0.2, 0.25) is 0 Å². The number of nitrogens with zero attached hydrogens (tertiary/aromatic N) is 3. The number of nitrogens with one attached hydrogen (secondary N) is 1. The van der Waals surface area contributed by atoms with Gasteiger partial charge in [-0.2, -0.15) is 5.10 Å².